The zero-order chi connectivity index (χ0) is 16.2. The fraction of sp³-hybridized carbons (Fsp3) is 0.500. The van der Waals surface area contributed by atoms with E-state index < -0.39 is 0 Å². The van der Waals surface area contributed by atoms with E-state index >= 15 is 0 Å². The third-order valence-electron chi connectivity index (χ3n) is 4.29. The van der Waals surface area contributed by atoms with Crippen molar-refractivity contribution in [2.24, 2.45) is 0 Å². The highest BCUT2D eigenvalue weighted by molar-refractivity contribution is 5.92. The van der Waals surface area contributed by atoms with Gasteiger partial charge in [-0.15, -0.1) is 0 Å². The van der Waals surface area contributed by atoms with E-state index in [1.54, 1.807) is 6.92 Å². The minimum atomic E-state index is -0.188. The first-order valence-corrected chi connectivity index (χ1v) is 8.20. The minimum Gasteiger partial charge on any atom is -0.491 e. The van der Waals surface area contributed by atoms with Crippen LogP contribution in [0.1, 0.15) is 25.0 Å². The molecule has 0 saturated carbocycles. The topological polar surface area (TPSA) is 50.8 Å². The third kappa shape index (κ3) is 3.85. The quantitative estimate of drug-likeness (QED) is 0.921. The number of ether oxygens (including phenoxy) is 2. The number of nitrogens with one attached hydrogen (secondary N) is 1. The Kier molecular flexibility index (Phi) is 4.86. The second kappa shape index (κ2) is 7.04. The molecule has 1 unspecified atom stereocenters. The van der Waals surface area contributed by atoms with Crippen LogP contribution in [0.2, 0.25) is 0 Å². The molecule has 0 saturated heterocycles. The molecule has 1 atom stereocenters. The van der Waals surface area contributed by atoms with Crippen molar-refractivity contribution in [2.75, 3.05) is 26.3 Å². The summed E-state index contributed by atoms with van der Waals surface area (Å²) in [6.45, 7) is 7.52. The minimum absolute atomic E-state index is 0.0542. The first kappa shape index (κ1) is 15.9. The summed E-state index contributed by atoms with van der Waals surface area (Å²) in [5.41, 5.74) is 2.83. The summed E-state index contributed by atoms with van der Waals surface area (Å²) in [4.78, 5) is 14.6. The maximum absolute atomic E-state index is 12.3. The Bertz CT molecular complexity index is 612. The lowest BCUT2D eigenvalue weighted by Crippen LogP contribution is -2.44. The molecule has 2 heterocycles. The molecule has 2 aliphatic heterocycles. The Morgan fingerprint density at radius 3 is 2.78 bits per heavy atom. The van der Waals surface area contributed by atoms with Gasteiger partial charge in [0.1, 0.15) is 19.0 Å². The maximum atomic E-state index is 12.3. The lowest BCUT2D eigenvalue weighted by Gasteiger charge is -2.31. The van der Waals surface area contributed by atoms with Gasteiger partial charge in [-0.25, -0.2) is 0 Å². The molecule has 0 fully saturated rings. The van der Waals surface area contributed by atoms with Gasteiger partial charge in [0.05, 0.1) is 0 Å². The molecule has 124 valence electrons. The largest absolute Gasteiger partial charge is 0.491 e. The van der Waals surface area contributed by atoms with E-state index in [0.717, 1.165) is 26.1 Å². The molecular weight excluding hydrogens is 292 g/mol. The Hall–Kier alpha value is -2.01. The van der Waals surface area contributed by atoms with E-state index in [4.69, 9.17) is 9.47 Å². The Morgan fingerprint density at radius 1 is 1.26 bits per heavy atom. The number of amides is 1. The van der Waals surface area contributed by atoms with Crippen LogP contribution in [0.3, 0.4) is 0 Å². The average Bonchev–Trinajstić information content (AvgIpc) is 2.55. The first-order chi connectivity index (χ1) is 11.1. The van der Waals surface area contributed by atoms with Crippen molar-refractivity contribution in [3.05, 3.63) is 46.9 Å². The normalized spacial score (nSPS) is 19.4. The number of rotatable bonds is 4. The SMILES string of the molecule is CC1=C(C(=O)NC(C)CN2CCc3ccccc3C2)OCCO1. The first-order valence-electron chi connectivity index (χ1n) is 8.20. The van der Waals surface area contributed by atoms with Gasteiger partial charge in [0.15, 0.2) is 0 Å². The Morgan fingerprint density at radius 2 is 2.00 bits per heavy atom. The standard InChI is InChI=1S/C18H24N2O3/c1-13(19-18(21)17-14(2)22-9-10-23-17)11-20-8-7-15-5-3-4-6-16(15)12-20/h3-6,13H,7-12H2,1-2H3,(H,19,21). The molecule has 23 heavy (non-hydrogen) atoms. The van der Waals surface area contributed by atoms with Crippen LogP contribution in [0.25, 0.3) is 0 Å². The highest BCUT2D eigenvalue weighted by atomic mass is 16.6. The fourth-order valence-electron chi connectivity index (χ4n) is 3.16. The van der Waals surface area contributed by atoms with Gasteiger partial charge < -0.3 is 14.8 Å². The molecule has 5 nitrogen and oxygen atoms in total. The molecule has 1 N–H and O–H groups in total. The van der Waals surface area contributed by atoms with Crippen molar-refractivity contribution in [1.82, 2.24) is 10.2 Å². The molecule has 1 aromatic rings. The third-order valence-corrected chi connectivity index (χ3v) is 4.29. The molecule has 1 aromatic carbocycles. The highest BCUT2D eigenvalue weighted by Gasteiger charge is 2.23. The average molecular weight is 316 g/mol. The molecule has 0 bridgehead atoms. The summed E-state index contributed by atoms with van der Waals surface area (Å²) in [7, 11) is 0. The van der Waals surface area contributed by atoms with Crippen LogP contribution in [0, 0.1) is 0 Å². The molecular formula is C18H24N2O3. The summed E-state index contributed by atoms with van der Waals surface area (Å²) < 4.78 is 10.8. The van der Waals surface area contributed by atoms with Gasteiger partial charge in [-0.2, -0.15) is 0 Å². The van der Waals surface area contributed by atoms with Gasteiger partial charge in [-0.05, 0) is 31.4 Å². The molecule has 5 heteroatoms. The number of hydrogen-bond acceptors (Lipinski definition) is 4. The summed E-state index contributed by atoms with van der Waals surface area (Å²) in [5, 5.41) is 3.01. The van der Waals surface area contributed by atoms with E-state index in [1.807, 2.05) is 6.92 Å². The van der Waals surface area contributed by atoms with E-state index in [2.05, 4.69) is 34.5 Å². The van der Waals surface area contributed by atoms with Gasteiger partial charge in [0, 0.05) is 25.7 Å². The number of benzene rings is 1. The smallest absolute Gasteiger partial charge is 0.290 e. The lowest BCUT2D eigenvalue weighted by molar-refractivity contribution is -0.123. The van der Waals surface area contributed by atoms with E-state index in [0.29, 0.717) is 24.7 Å². The zero-order valence-electron chi connectivity index (χ0n) is 13.8. The van der Waals surface area contributed by atoms with Crippen molar-refractivity contribution in [2.45, 2.75) is 32.9 Å². The van der Waals surface area contributed by atoms with Crippen molar-refractivity contribution in [3.63, 3.8) is 0 Å². The number of allylic oxidation sites excluding steroid dienone is 1. The summed E-state index contributed by atoms with van der Waals surface area (Å²) >= 11 is 0. The number of hydrogen-bond donors (Lipinski definition) is 1. The molecule has 0 aromatic heterocycles. The summed E-state index contributed by atoms with van der Waals surface area (Å²) in [5.74, 6) is 0.687. The van der Waals surface area contributed by atoms with Gasteiger partial charge in [0.2, 0.25) is 5.76 Å². The van der Waals surface area contributed by atoms with Crippen LogP contribution in [-0.2, 0) is 27.2 Å². The number of carbonyl (C=O) groups excluding carboxylic acids is 1. The van der Waals surface area contributed by atoms with E-state index in [1.165, 1.54) is 11.1 Å². The number of fused-ring (bicyclic) bond motifs is 1. The molecule has 0 aliphatic carbocycles. The monoisotopic (exact) mass is 316 g/mol. The Labute approximate surface area is 137 Å². The highest BCUT2D eigenvalue weighted by Crippen LogP contribution is 2.18. The molecule has 3 rings (SSSR count). The van der Waals surface area contributed by atoms with Crippen LogP contribution in [-0.4, -0.2) is 43.2 Å². The predicted octanol–water partition coefficient (Wildman–Crippen LogP) is 1.83. The van der Waals surface area contributed by atoms with Gasteiger partial charge in [-0.3, -0.25) is 9.69 Å². The summed E-state index contributed by atoms with van der Waals surface area (Å²) in [6.07, 6.45) is 1.07. The van der Waals surface area contributed by atoms with E-state index in [-0.39, 0.29) is 11.9 Å². The zero-order valence-corrected chi connectivity index (χ0v) is 13.8. The van der Waals surface area contributed by atoms with Gasteiger partial charge in [-0.1, -0.05) is 24.3 Å². The predicted molar refractivity (Wildman–Crippen MR) is 87.6 cm³/mol. The van der Waals surface area contributed by atoms with Crippen molar-refractivity contribution in [1.29, 1.82) is 0 Å². The summed E-state index contributed by atoms with van der Waals surface area (Å²) in [6, 6.07) is 8.63. The molecule has 2 aliphatic rings. The van der Waals surface area contributed by atoms with Crippen molar-refractivity contribution in [3.8, 4) is 0 Å². The van der Waals surface area contributed by atoms with Crippen LogP contribution in [0.4, 0.5) is 0 Å². The number of carbonyl (C=O) groups is 1. The molecule has 0 spiro atoms. The second-order valence-electron chi connectivity index (χ2n) is 6.21. The van der Waals surface area contributed by atoms with Crippen LogP contribution < -0.4 is 5.32 Å². The molecule has 1 amide bonds. The second-order valence-corrected chi connectivity index (χ2v) is 6.21. The van der Waals surface area contributed by atoms with Crippen molar-refractivity contribution < 1.29 is 14.3 Å². The van der Waals surface area contributed by atoms with Crippen LogP contribution in [0.15, 0.2) is 35.8 Å². The van der Waals surface area contributed by atoms with Crippen LogP contribution in [0.5, 0.6) is 0 Å². The fourth-order valence-corrected chi connectivity index (χ4v) is 3.16. The number of nitrogens with zero attached hydrogens (tertiary/aromatic N) is 1. The van der Waals surface area contributed by atoms with Gasteiger partial charge in [0.25, 0.3) is 5.91 Å². The Balaban J connectivity index is 1.54. The van der Waals surface area contributed by atoms with Crippen molar-refractivity contribution >= 4 is 5.91 Å². The van der Waals surface area contributed by atoms with Crippen LogP contribution >= 0.6 is 0 Å². The maximum Gasteiger partial charge on any atom is 0.290 e. The van der Waals surface area contributed by atoms with Gasteiger partial charge >= 0.3 is 0 Å². The lowest BCUT2D eigenvalue weighted by atomic mass is 10.00. The van der Waals surface area contributed by atoms with E-state index in [9.17, 15) is 4.79 Å². The molecule has 0 radical (unpaired) electrons.